The summed E-state index contributed by atoms with van der Waals surface area (Å²) in [6.45, 7) is 6.54. The van der Waals surface area contributed by atoms with Crippen molar-refractivity contribution < 1.29 is 47.7 Å². The molecular formula is C19H24O3Y. The number of benzene rings is 2. The van der Waals surface area contributed by atoms with E-state index in [2.05, 4.69) is 13.8 Å². The molecule has 1 radical (unpaired) electrons. The summed E-state index contributed by atoms with van der Waals surface area (Å²) in [6.07, 6.45) is 0.263. The number of rotatable bonds is 6. The van der Waals surface area contributed by atoms with Crippen LogP contribution in [0, 0.1) is 0 Å². The molecule has 0 heterocycles. The Bertz CT molecular complexity index is 591. The van der Waals surface area contributed by atoms with Gasteiger partial charge >= 0.3 is 0 Å². The van der Waals surface area contributed by atoms with Gasteiger partial charge in [-0.05, 0) is 41.8 Å². The summed E-state index contributed by atoms with van der Waals surface area (Å²) in [6, 6.07) is 15.2. The van der Waals surface area contributed by atoms with Crippen LogP contribution in [-0.2, 0) is 38.1 Å². The molecule has 0 amide bonds. The van der Waals surface area contributed by atoms with E-state index in [1.165, 1.54) is 5.56 Å². The van der Waals surface area contributed by atoms with E-state index < -0.39 is 6.10 Å². The third-order valence-corrected chi connectivity index (χ3v) is 4.08. The second kappa shape index (κ2) is 8.82. The first-order valence-corrected chi connectivity index (χ1v) is 7.64. The molecule has 0 spiro atoms. The molecule has 1 atom stereocenters. The van der Waals surface area contributed by atoms with Crippen LogP contribution >= 0.6 is 0 Å². The average Bonchev–Trinajstić information content (AvgIpc) is 2.53. The summed E-state index contributed by atoms with van der Waals surface area (Å²) in [4.78, 5) is 0. The van der Waals surface area contributed by atoms with Gasteiger partial charge in [-0.25, -0.2) is 0 Å². The molecule has 0 aliphatic heterocycles. The summed E-state index contributed by atoms with van der Waals surface area (Å²) in [5.74, 6) is 1.04. The molecule has 0 saturated carbocycles. The predicted octanol–water partition coefficient (Wildman–Crippen LogP) is 3.87. The van der Waals surface area contributed by atoms with Crippen LogP contribution < -0.4 is 4.74 Å². The monoisotopic (exact) mass is 389 g/mol. The van der Waals surface area contributed by atoms with Gasteiger partial charge in [-0.15, -0.1) is 0 Å². The van der Waals surface area contributed by atoms with Crippen molar-refractivity contribution in [2.24, 2.45) is 0 Å². The quantitative estimate of drug-likeness (QED) is 0.789. The van der Waals surface area contributed by atoms with Crippen molar-refractivity contribution >= 4 is 0 Å². The zero-order chi connectivity index (χ0) is 16.2. The van der Waals surface area contributed by atoms with Gasteiger partial charge in [0, 0.05) is 38.1 Å². The summed E-state index contributed by atoms with van der Waals surface area (Å²) in [5.41, 5.74) is 2.15. The fraction of sp³-hybridized carbons (Fsp3) is 0.368. The van der Waals surface area contributed by atoms with Crippen molar-refractivity contribution in [3.05, 3.63) is 59.7 Å². The Kier molecular flexibility index (Phi) is 7.72. The molecule has 0 bridgehead atoms. The van der Waals surface area contributed by atoms with Gasteiger partial charge in [0.05, 0.1) is 6.10 Å². The van der Waals surface area contributed by atoms with Crippen LogP contribution in [0.1, 0.15) is 38.3 Å². The van der Waals surface area contributed by atoms with Crippen LogP contribution in [0.2, 0.25) is 0 Å². The van der Waals surface area contributed by atoms with E-state index in [1.807, 2.05) is 43.3 Å². The Hall–Kier alpha value is -0.896. The van der Waals surface area contributed by atoms with Crippen LogP contribution in [0.5, 0.6) is 11.5 Å². The maximum atomic E-state index is 9.53. The number of phenols is 1. The second-order valence-corrected chi connectivity index (χ2v) is 6.07. The predicted molar refractivity (Wildman–Crippen MR) is 88.5 cm³/mol. The first-order chi connectivity index (χ1) is 10.4. The van der Waals surface area contributed by atoms with E-state index >= 15 is 0 Å². The van der Waals surface area contributed by atoms with E-state index in [9.17, 15) is 10.2 Å². The van der Waals surface area contributed by atoms with Crippen molar-refractivity contribution in [2.75, 3.05) is 6.61 Å². The Labute approximate surface area is 163 Å². The topological polar surface area (TPSA) is 49.7 Å². The molecule has 2 N–H and O–H groups in total. The summed E-state index contributed by atoms with van der Waals surface area (Å²) < 4.78 is 5.56. The van der Waals surface area contributed by atoms with Crippen molar-refractivity contribution in [1.82, 2.24) is 0 Å². The number of aliphatic hydroxyl groups is 1. The molecule has 2 rings (SSSR count). The Balaban J connectivity index is 0.00000264. The van der Waals surface area contributed by atoms with Gasteiger partial charge in [-0.3, -0.25) is 0 Å². The first-order valence-electron chi connectivity index (χ1n) is 7.64. The SMILES string of the molecule is CCC(O)COc1ccc(C(C)(C)c2ccc(O)cc2)cc1.[Y]. The van der Waals surface area contributed by atoms with Gasteiger partial charge in [-0.2, -0.15) is 0 Å². The molecule has 121 valence electrons. The largest absolute Gasteiger partial charge is 0.508 e. The Morgan fingerprint density at radius 1 is 0.957 bits per heavy atom. The normalized spacial score (nSPS) is 12.3. The molecule has 0 saturated heterocycles. The first kappa shape index (κ1) is 20.1. The van der Waals surface area contributed by atoms with Crippen molar-refractivity contribution in [1.29, 1.82) is 0 Å². The molecule has 23 heavy (non-hydrogen) atoms. The molecule has 1 unspecified atom stereocenters. The molecule has 0 aliphatic carbocycles. The second-order valence-electron chi connectivity index (χ2n) is 6.07. The fourth-order valence-electron chi connectivity index (χ4n) is 2.32. The smallest absolute Gasteiger partial charge is 0.119 e. The number of ether oxygens (including phenoxy) is 1. The Morgan fingerprint density at radius 2 is 1.43 bits per heavy atom. The zero-order valence-electron chi connectivity index (χ0n) is 14.0. The van der Waals surface area contributed by atoms with E-state index in [-0.39, 0.29) is 43.9 Å². The van der Waals surface area contributed by atoms with Gasteiger partial charge in [0.1, 0.15) is 18.1 Å². The van der Waals surface area contributed by atoms with Gasteiger partial charge < -0.3 is 14.9 Å². The van der Waals surface area contributed by atoms with Crippen molar-refractivity contribution in [3.63, 3.8) is 0 Å². The zero-order valence-corrected chi connectivity index (χ0v) is 16.8. The number of aromatic hydroxyl groups is 1. The van der Waals surface area contributed by atoms with Gasteiger partial charge in [0.25, 0.3) is 0 Å². The van der Waals surface area contributed by atoms with E-state index in [0.29, 0.717) is 13.0 Å². The third-order valence-electron chi connectivity index (χ3n) is 4.08. The number of hydrogen-bond acceptors (Lipinski definition) is 3. The molecule has 0 aromatic heterocycles. The minimum Gasteiger partial charge on any atom is -0.508 e. The maximum absolute atomic E-state index is 9.53. The van der Waals surface area contributed by atoms with Gasteiger partial charge in [0.2, 0.25) is 0 Å². The van der Waals surface area contributed by atoms with Crippen LogP contribution in [-0.4, -0.2) is 22.9 Å². The van der Waals surface area contributed by atoms with E-state index in [4.69, 9.17) is 4.74 Å². The molecule has 0 fully saturated rings. The molecule has 4 heteroatoms. The van der Waals surface area contributed by atoms with Crippen LogP contribution in [0.3, 0.4) is 0 Å². The summed E-state index contributed by atoms with van der Waals surface area (Å²) >= 11 is 0. The molecular weight excluding hydrogens is 365 g/mol. The van der Waals surface area contributed by atoms with E-state index in [0.717, 1.165) is 11.3 Å². The van der Waals surface area contributed by atoms with Gasteiger partial charge in [0.15, 0.2) is 0 Å². The fourth-order valence-corrected chi connectivity index (χ4v) is 2.32. The average molecular weight is 389 g/mol. The summed E-state index contributed by atoms with van der Waals surface area (Å²) in [5, 5.41) is 18.9. The molecule has 2 aromatic rings. The molecule has 3 nitrogen and oxygen atoms in total. The molecule has 0 aliphatic rings. The minimum absolute atomic E-state index is 0. The van der Waals surface area contributed by atoms with Crippen LogP contribution in [0.25, 0.3) is 0 Å². The van der Waals surface area contributed by atoms with Gasteiger partial charge in [-0.1, -0.05) is 45.0 Å². The van der Waals surface area contributed by atoms with Crippen LogP contribution in [0.15, 0.2) is 48.5 Å². The minimum atomic E-state index is -0.423. The third kappa shape index (κ3) is 5.30. The van der Waals surface area contributed by atoms with Crippen molar-refractivity contribution in [2.45, 2.75) is 38.7 Å². The van der Waals surface area contributed by atoms with E-state index in [1.54, 1.807) is 12.1 Å². The van der Waals surface area contributed by atoms with Crippen LogP contribution in [0.4, 0.5) is 0 Å². The number of aliphatic hydroxyl groups excluding tert-OH is 1. The number of phenolic OH excluding ortho intramolecular Hbond substituents is 1. The van der Waals surface area contributed by atoms with Crippen molar-refractivity contribution in [3.8, 4) is 11.5 Å². The summed E-state index contributed by atoms with van der Waals surface area (Å²) in [7, 11) is 0. The maximum Gasteiger partial charge on any atom is 0.119 e. The number of hydrogen-bond donors (Lipinski definition) is 2. The molecule has 2 aromatic carbocycles. The Morgan fingerprint density at radius 3 is 1.91 bits per heavy atom. The standard InChI is InChI=1S/C19H24O3.Y/c1-4-16(20)13-22-18-11-7-15(8-12-18)19(2,3)14-5-9-17(21)10-6-14;/h5-12,16,20-21H,4,13H2,1-3H3;.